The van der Waals surface area contributed by atoms with Crippen LogP contribution < -0.4 is 5.73 Å². The predicted octanol–water partition coefficient (Wildman–Crippen LogP) is 3.51. The Balaban J connectivity index is 0.000000921. The van der Waals surface area contributed by atoms with Crippen LogP contribution in [0, 0.1) is 18.3 Å². The summed E-state index contributed by atoms with van der Waals surface area (Å²) in [7, 11) is 0. The molecule has 0 saturated carbocycles. The lowest BCUT2D eigenvalue weighted by Crippen LogP contribution is -1.96. The first-order chi connectivity index (χ1) is 7.06. The van der Waals surface area contributed by atoms with Gasteiger partial charge in [-0.25, -0.2) is 0 Å². The molecule has 0 aliphatic carbocycles. The van der Waals surface area contributed by atoms with E-state index in [9.17, 15) is 0 Å². The molecule has 15 heavy (non-hydrogen) atoms. The predicted molar refractivity (Wildman–Crippen MR) is 66.4 cm³/mol. The molecule has 0 aliphatic rings. The average molecular weight is 202 g/mol. The van der Waals surface area contributed by atoms with Gasteiger partial charge in [0, 0.05) is 11.3 Å². The fourth-order valence-corrected chi connectivity index (χ4v) is 1.22. The quantitative estimate of drug-likeness (QED) is 0.708. The van der Waals surface area contributed by atoms with Crippen molar-refractivity contribution in [1.29, 1.82) is 5.26 Å². The van der Waals surface area contributed by atoms with Gasteiger partial charge in [-0.2, -0.15) is 5.26 Å². The summed E-state index contributed by atoms with van der Waals surface area (Å²) in [6.45, 7) is 11.6. The summed E-state index contributed by atoms with van der Waals surface area (Å²) >= 11 is 0. The number of nitriles is 1. The van der Waals surface area contributed by atoms with Gasteiger partial charge in [-0.15, -0.1) is 0 Å². The number of nitrogens with zero attached hydrogens (tertiary/aromatic N) is 1. The molecule has 0 aromatic heterocycles. The number of hydrogen-bond acceptors (Lipinski definition) is 2. The van der Waals surface area contributed by atoms with Gasteiger partial charge in [0.05, 0.1) is 11.6 Å². The third-order valence-corrected chi connectivity index (χ3v) is 1.98. The minimum absolute atomic E-state index is 0.629. The number of nitrogen functional groups attached to an aromatic ring is 1. The Morgan fingerprint density at radius 3 is 2.33 bits per heavy atom. The van der Waals surface area contributed by atoms with Gasteiger partial charge in [-0.05, 0) is 37.1 Å². The number of hydrogen-bond donors (Lipinski definition) is 1. The molecule has 2 heteroatoms. The summed E-state index contributed by atoms with van der Waals surface area (Å²) in [5.74, 6) is 0. The first-order valence-electron chi connectivity index (χ1n) is 5.02. The number of nitrogens with two attached hydrogens (primary N) is 1. The Morgan fingerprint density at radius 1 is 1.40 bits per heavy atom. The molecule has 0 aliphatic heterocycles. The van der Waals surface area contributed by atoms with Crippen molar-refractivity contribution in [3.05, 3.63) is 35.4 Å². The smallest absolute Gasteiger partial charge is 0.0991 e. The van der Waals surface area contributed by atoms with Crippen molar-refractivity contribution in [2.75, 3.05) is 5.73 Å². The minimum atomic E-state index is 0.629. The molecule has 0 unspecified atom stereocenters. The van der Waals surface area contributed by atoms with Crippen molar-refractivity contribution >= 4 is 11.3 Å². The fourth-order valence-electron chi connectivity index (χ4n) is 1.22. The summed E-state index contributed by atoms with van der Waals surface area (Å²) in [6, 6.07) is 5.64. The third-order valence-electron chi connectivity index (χ3n) is 1.98. The Hall–Kier alpha value is -1.75. The maximum Gasteiger partial charge on any atom is 0.0991 e. The van der Waals surface area contributed by atoms with E-state index < -0.39 is 0 Å². The zero-order valence-corrected chi connectivity index (χ0v) is 9.89. The summed E-state index contributed by atoms with van der Waals surface area (Å²) < 4.78 is 0. The van der Waals surface area contributed by atoms with Crippen LogP contribution in [-0.2, 0) is 0 Å². The van der Waals surface area contributed by atoms with Crippen molar-refractivity contribution in [3.63, 3.8) is 0 Å². The molecule has 1 rings (SSSR count). The number of allylic oxidation sites excluding steroid dienone is 1. The highest BCUT2D eigenvalue weighted by Crippen LogP contribution is 2.24. The molecule has 0 spiro atoms. The van der Waals surface area contributed by atoms with E-state index in [1.165, 1.54) is 0 Å². The van der Waals surface area contributed by atoms with E-state index in [0.717, 1.165) is 16.7 Å². The van der Waals surface area contributed by atoms with Gasteiger partial charge < -0.3 is 5.73 Å². The van der Waals surface area contributed by atoms with E-state index in [4.69, 9.17) is 11.0 Å². The standard InChI is InChI=1S/C11H12N2.C2H6/c1-7(2)10-5-9(6-12)4-8(3)11(10)13;1-2/h4-5H,1,13H2,2-3H3;1-2H3. The summed E-state index contributed by atoms with van der Waals surface area (Å²) in [5, 5.41) is 8.74. The zero-order chi connectivity index (χ0) is 12.0. The fraction of sp³-hybridized carbons (Fsp3) is 0.308. The molecule has 80 valence electrons. The van der Waals surface area contributed by atoms with Gasteiger partial charge in [-0.1, -0.05) is 20.4 Å². The first-order valence-corrected chi connectivity index (χ1v) is 5.02. The Morgan fingerprint density at radius 2 is 1.93 bits per heavy atom. The molecule has 2 N–H and O–H groups in total. The second kappa shape index (κ2) is 5.87. The van der Waals surface area contributed by atoms with Crippen LogP contribution in [0.25, 0.3) is 5.57 Å². The monoisotopic (exact) mass is 202 g/mol. The van der Waals surface area contributed by atoms with E-state index >= 15 is 0 Å². The van der Waals surface area contributed by atoms with Crippen LogP contribution in [0.3, 0.4) is 0 Å². The van der Waals surface area contributed by atoms with Crippen molar-refractivity contribution in [1.82, 2.24) is 0 Å². The van der Waals surface area contributed by atoms with Crippen molar-refractivity contribution in [2.45, 2.75) is 27.7 Å². The molecule has 0 amide bonds. The van der Waals surface area contributed by atoms with Gasteiger partial charge in [0.1, 0.15) is 0 Å². The first kappa shape index (κ1) is 13.2. The van der Waals surface area contributed by atoms with Crippen molar-refractivity contribution in [2.24, 2.45) is 0 Å². The molecule has 0 bridgehead atoms. The summed E-state index contributed by atoms with van der Waals surface area (Å²) in [5.41, 5.74) is 9.87. The van der Waals surface area contributed by atoms with Gasteiger partial charge >= 0.3 is 0 Å². The van der Waals surface area contributed by atoms with Crippen LogP contribution in [0.2, 0.25) is 0 Å². The van der Waals surface area contributed by atoms with Crippen LogP contribution in [0.1, 0.15) is 37.5 Å². The lowest BCUT2D eigenvalue weighted by Gasteiger charge is -2.08. The Kier molecular flexibility index (Phi) is 5.19. The zero-order valence-electron chi connectivity index (χ0n) is 9.89. The van der Waals surface area contributed by atoms with Crippen LogP contribution >= 0.6 is 0 Å². The normalized spacial score (nSPS) is 8.47. The van der Waals surface area contributed by atoms with Crippen LogP contribution in [0.15, 0.2) is 18.7 Å². The summed E-state index contributed by atoms with van der Waals surface area (Å²) in [6.07, 6.45) is 0. The van der Waals surface area contributed by atoms with Crippen LogP contribution in [-0.4, -0.2) is 0 Å². The minimum Gasteiger partial charge on any atom is -0.398 e. The molecule has 0 atom stereocenters. The maximum atomic E-state index is 8.74. The van der Waals surface area contributed by atoms with Crippen molar-refractivity contribution < 1.29 is 0 Å². The molecule has 0 saturated heterocycles. The largest absolute Gasteiger partial charge is 0.398 e. The molecular weight excluding hydrogens is 184 g/mol. The summed E-state index contributed by atoms with van der Waals surface area (Å²) in [4.78, 5) is 0. The van der Waals surface area contributed by atoms with E-state index in [0.29, 0.717) is 11.3 Å². The molecular formula is C13H18N2. The van der Waals surface area contributed by atoms with Gasteiger partial charge in [-0.3, -0.25) is 0 Å². The average Bonchev–Trinajstić information content (AvgIpc) is 2.24. The Labute approximate surface area is 92.0 Å². The highest BCUT2D eigenvalue weighted by molar-refractivity contribution is 5.75. The molecule has 1 aromatic carbocycles. The lowest BCUT2D eigenvalue weighted by atomic mass is 10.00. The van der Waals surface area contributed by atoms with Crippen LogP contribution in [0.5, 0.6) is 0 Å². The number of anilines is 1. The molecule has 2 nitrogen and oxygen atoms in total. The van der Waals surface area contributed by atoms with Crippen LogP contribution in [0.4, 0.5) is 5.69 Å². The molecule has 0 fully saturated rings. The van der Waals surface area contributed by atoms with Gasteiger partial charge in [0.25, 0.3) is 0 Å². The van der Waals surface area contributed by atoms with Gasteiger partial charge in [0.15, 0.2) is 0 Å². The van der Waals surface area contributed by atoms with Gasteiger partial charge in [0.2, 0.25) is 0 Å². The number of benzene rings is 1. The molecule has 0 heterocycles. The highest BCUT2D eigenvalue weighted by Gasteiger charge is 2.04. The van der Waals surface area contributed by atoms with Crippen molar-refractivity contribution in [3.8, 4) is 6.07 Å². The van der Waals surface area contributed by atoms with E-state index in [2.05, 4.69) is 12.6 Å². The second-order valence-corrected chi connectivity index (χ2v) is 3.15. The molecule has 1 aromatic rings. The van der Waals surface area contributed by atoms with E-state index in [1.807, 2.05) is 27.7 Å². The van der Waals surface area contributed by atoms with E-state index in [-0.39, 0.29) is 0 Å². The Bertz CT molecular complexity index is 398. The topological polar surface area (TPSA) is 49.8 Å². The lowest BCUT2D eigenvalue weighted by molar-refractivity contribution is 1.40. The number of rotatable bonds is 1. The number of aryl methyl sites for hydroxylation is 1. The highest BCUT2D eigenvalue weighted by atomic mass is 14.6. The second-order valence-electron chi connectivity index (χ2n) is 3.15. The van der Waals surface area contributed by atoms with E-state index in [1.54, 1.807) is 12.1 Å². The SMILES string of the molecule is C=C(C)c1cc(C#N)cc(C)c1N.CC. The third kappa shape index (κ3) is 3.14. The molecule has 0 radical (unpaired) electrons. The maximum absolute atomic E-state index is 8.74.